The number of amides is 4. The zero-order valence-corrected chi connectivity index (χ0v) is 31.4. The molecule has 3 fully saturated rings. The fourth-order valence-electron chi connectivity index (χ4n) is 7.03. The average molecular weight is 778 g/mol. The van der Waals surface area contributed by atoms with Gasteiger partial charge in [-0.25, -0.2) is 18.2 Å². The Kier molecular flexibility index (Phi) is 9.37. The number of likely N-dealkylation sites (tertiary alicyclic amines) is 1. The number of carboxylic acid groups (broad SMARTS) is 1. The van der Waals surface area contributed by atoms with Crippen LogP contribution in [0.25, 0.3) is 33.3 Å². The summed E-state index contributed by atoms with van der Waals surface area (Å²) in [5.41, 5.74) is 0.168. The summed E-state index contributed by atoms with van der Waals surface area (Å²) in [5, 5.41) is 15.2. The van der Waals surface area contributed by atoms with Crippen molar-refractivity contribution in [3.05, 3.63) is 72.3 Å². The molecular formula is C38H40ClN5O9S. The minimum absolute atomic E-state index is 0.0606. The molecule has 3 heterocycles. The third-order valence-electron chi connectivity index (χ3n) is 10.2. The largest absolute Gasteiger partial charge is 0.484 e. The van der Waals surface area contributed by atoms with Crippen molar-refractivity contribution in [1.82, 2.24) is 25.2 Å². The molecule has 1 unspecified atom stereocenters. The molecule has 0 radical (unpaired) electrons. The van der Waals surface area contributed by atoms with Crippen molar-refractivity contribution in [1.29, 1.82) is 0 Å². The van der Waals surface area contributed by atoms with Crippen molar-refractivity contribution >= 4 is 67.5 Å². The Balaban J connectivity index is 1.24. The van der Waals surface area contributed by atoms with Crippen LogP contribution >= 0.6 is 11.6 Å². The second-order valence-corrected chi connectivity index (χ2v) is 17.6. The fourth-order valence-corrected chi connectivity index (χ4v) is 8.57. The maximum absolute atomic E-state index is 14.3. The summed E-state index contributed by atoms with van der Waals surface area (Å²) < 4.78 is 40.3. The van der Waals surface area contributed by atoms with E-state index in [1.54, 1.807) is 45.0 Å². The van der Waals surface area contributed by atoms with Crippen molar-refractivity contribution in [2.75, 3.05) is 6.54 Å². The Morgan fingerprint density at radius 1 is 1.13 bits per heavy atom. The van der Waals surface area contributed by atoms with Crippen LogP contribution < -0.4 is 20.1 Å². The van der Waals surface area contributed by atoms with Crippen LogP contribution in [0, 0.1) is 11.3 Å². The average Bonchev–Trinajstić information content (AvgIpc) is 4.02. The molecule has 1 saturated heterocycles. The number of nitrogens with one attached hydrogen (secondary N) is 3. The number of benzene rings is 2. The summed E-state index contributed by atoms with van der Waals surface area (Å²) >= 11 is 6.35. The second kappa shape index (κ2) is 13.6. The lowest BCUT2D eigenvalue weighted by Gasteiger charge is -2.35. The van der Waals surface area contributed by atoms with Crippen molar-refractivity contribution in [3.63, 3.8) is 0 Å². The topological polar surface area (TPSA) is 197 Å². The molecule has 4 amide bonds. The van der Waals surface area contributed by atoms with E-state index >= 15 is 0 Å². The molecule has 284 valence electrons. The van der Waals surface area contributed by atoms with E-state index in [4.69, 9.17) is 25.7 Å². The Morgan fingerprint density at radius 3 is 2.48 bits per heavy atom. The molecule has 0 spiro atoms. The third kappa shape index (κ3) is 7.09. The van der Waals surface area contributed by atoms with Gasteiger partial charge in [0.05, 0.1) is 17.5 Å². The van der Waals surface area contributed by atoms with Crippen LogP contribution in [0.1, 0.15) is 46.5 Å². The number of carbonyl (C=O) groups is 4. The molecule has 2 aliphatic carbocycles. The molecule has 4 N–H and O–H groups in total. The number of carbonyl (C=O) groups excluding carboxylic acids is 3. The lowest BCUT2D eigenvalue weighted by molar-refractivity contribution is -0.142. The Hall–Kier alpha value is -5.15. The molecule has 7 rings (SSSR count). The number of halogens is 1. The minimum atomic E-state index is -3.93. The summed E-state index contributed by atoms with van der Waals surface area (Å²) in [4.78, 5) is 60.1. The smallest absolute Gasteiger partial charge is 0.405 e. The molecule has 54 heavy (non-hydrogen) atoms. The normalized spacial score (nSPS) is 23.1. The molecule has 0 bridgehead atoms. The number of aromatic nitrogens is 1. The van der Waals surface area contributed by atoms with Crippen molar-refractivity contribution in [3.8, 4) is 17.0 Å². The molecule has 2 saturated carbocycles. The first kappa shape index (κ1) is 37.2. The first-order valence-electron chi connectivity index (χ1n) is 17.6. The Morgan fingerprint density at radius 2 is 1.85 bits per heavy atom. The van der Waals surface area contributed by atoms with Crippen molar-refractivity contribution in [2.24, 2.45) is 11.3 Å². The van der Waals surface area contributed by atoms with Gasteiger partial charge in [0.1, 0.15) is 34.8 Å². The van der Waals surface area contributed by atoms with Gasteiger partial charge in [0.25, 0.3) is 5.91 Å². The van der Waals surface area contributed by atoms with Crippen LogP contribution in [-0.4, -0.2) is 82.7 Å². The highest BCUT2D eigenvalue weighted by Gasteiger charge is 2.62. The summed E-state index contributed by atoms with van der Waals surface area (Å²) in [6.45, 7) is 8.69. The van der Waals surface area contributed by atoms with Crippen LogP contribution in [-0.2, 0) is 24.4 Å². The maximum Gasteiger partial charge on any atom is 0.405 e. The molecule has 14 nitrogen and oxygen atoms in total. The lowest BCUT2D eigenvalue weighted by Crippen LogP contribution is -2.60. The summed E-state index contributed by atoms with van der Waals surface area (Å²) in [6, 6.07) is 13.8. The van der Waals surface area contributed by atoms with E-state index in [0.29, 0.717) is 45.6 Å². The molecule has 4 aromatic rings. The third-order valence-corrected chi connectivity index (χ3v) is 12.2. The van der Waals surface area contributed by atoms with Gasteiger partial charge in [0.2, 0.25) is 21.8 Å². The predicted molar refractivity (Wildman–Crippen MR) is 200 cm³/mol. The van der Waals surface area contributed by atoms with Crippen LogP contribution in [0.4, 0.5) is 4.79 Å². The number of rotatable bonds is 11. The first-order chi connectivity index (χ1) is 25.5. The zero-order valence-electron chi connectivity index (χ0n) is 29.8. The number of hydrogen-bond donors (Lipinski definition) is 4. The van der Waals surface area contributed by atoms with E-state index in [9.17, 15) is 32.7 Å². The number of hydrogen-bond acceptors (Lipinski definition) is 9. The molecule has 16 heteroatoms. The van der Waals surface area contributed by atoms with E-state index in [1.165, 1.54) is 11.0 Å². The van der Waals surface area contributed by atoms with Crippen LogP contribution in [0.3, 0.4) is 0 Å². The highest BCUT2D eigenvalue weighted by molar-refractivity contribution is 7.91. The summed E-state index contributed by atoms with van der Waals surface area (Å²) in [5.74, 6) is -2.56. The van der Waals surface area contributed by atoms with E-state index in [-0.39, 0.29) is 25.1 Å². The van der Waals surface area contributed by atoms with E-state index in [0.717, 1.165) is 5.56 Å². The number of fused-ring (bicyclic) bond motifs is 3. The fraction of sp³-hybridized carbons (Fsp3) is 0.395. The zero-order chi connectivity index (χ0) is 38.7. The first-order valence-corrected chi connectivity index (χ1v) is 19.5. The number of sulfonamides is 1. The highest BCUT2D eigenvalue weighted by atomic mass is 35.5. The monoisotopic (exact) mass is 777 g/mol. The van der Waals surface area contributed by atoms with Gasteiger partial charge in [0.15, 0.2) is 11.3 Å². The summed E-state index contributed by atoms with van der Waals surface area (Å²) in [6.07, 6.45) is 0.140. The number of ether oxygens (including phenoxy) is 1. The Labute approximate surface area is 316 Å². The van der Waals surface area contributed by atoms with Gasteiger partial charge < -0.3 is 29.8 Å². The van der Waals surface area contributed by atoms with Crippen molar-refractivity contribution in [2.45, 2.75) is 75.4 Å². The van der Waals surface area contributed by atoms with Crippen LogP contribution in [0.15, 0.2) is 71.7 Å². The quantitative estimate of drug-likeness (QED) is 0.150. The van der Waals surface area contributed by atoms with Crippen LogP contribution in [0.5, 0.6) is 5.75 Å². The number of pyridine rings is 1. The number of nitrogens with zero attached hydrogens (tertiary/aromatic N) is 2. The molecule has 5 atom stereocenters. The molecular weight excluding hydrogens is 738 g/mol. The van der Waals surface area contributed by atoms with E-state index in [1.807, 2.05) is 30.3 Å². The van der Waals surface area contributed by atoms with Crippen molar-refractivity contribution < 1.29 is 41.9 Å². The predicted octanol–water partition coefficient (Wildman–Crippen LogP) is 5.00. The second-order valence-electron chi connectivity index (χ2n) is 15.2. The van der Waals surface area contributed by atoms with E-state index in [2.05, 4.69) is 21.9 Å². The summed E-state index contributed by atoms with van der Waals surface area (Å²) in [7, 11) is -3.93. The van der Waals surface area contributed by atoms with Gasteiger partial charge in [-0.05, 0) is 42.9 Å². The standard InChI is InChI=1S/C38H40ClN5O9S/c1-5-21-18-38(21,35(47)43-54(50,51)24-12-13-24)42-33(45)27-16-23(19-44(27)34(46)32(37(2,3)4)41-36(48)49)52-29-17-26(20-9-7-6-8-10-20)40-30-25-15-22(39)11-14-28(25)53-31(29)30/h5-11,14-15,17,21,23-24,27,32,41H,1,12-13,16,18-19H2,2-4H3,(H,42,45)(H,43,47)(H,48,49)/t21-,23-,27+,32?,38-/m1/s1. The molecule has 2 aromatic heterocycles. The highest BCUT2D eigenvalue weighted by Crippen LogP contribution is 2.46. The van der Waals surface area contributed by atoms with Gasteiger partial charge >= 0.3 is 6.09 Å². The Bertz CT molecular complexity index is 2300. The molecule has 3 aliphatic rings. The number of furan rings is 1. The van der Waals surface area contributed by atoms with Crippen LogP contribution in [0.2, 0.25) is 5.02 Å². The minimum Gasteiger partial charge on any atom is -0.484 e. The van der Waals surface area contributed by atoms with Gasteiger partial charge in [-0.15, -0.1) is 6.58 Å². The maximum atomic E-state index is 14.3. The van der Waals surface area contributed by atoms with Gasteiger partial charge in [0, 0.05) is 34.4 Å². The molecule has 2 aromatic carbocycles. The van der Waals surface area contributed by atoms with E-state index < -0.39 is 74.1 Å². The van der Waals surface area contributed by atoms with Gasteiger partial charge in [-0.2, -0.15) is 0 Å². The SMILES string of the molecule is C=C[C@@H]1C[C@]1(NC(=O)[C@@H]1C[C@@H](Oc2cc(-c3ccccc3)nc3c2oc2ccc(Cl)cc23)CN1C(=O)C(NC(=O)O)C(C)(C)C)C(=O)NS(=O)(=O)C1CC1. The van der Waals surface area contributed by atoms with Gasteiger partial charge in [-0.1, -0.05) is 68.8 Å². The molecule has 1 aliphatic heterocycles. The lowest BCUT2D eigenvalue weighted by atomic mass is 9.85. The van der Waals surface area contributed by atoms with Gasteiger partial charge in [-0.3, -0.25) is 19.1 Å².